The van der Waals surface area contributed by atoms with Crippen molar-refractivity contribution in [2.45, 2.75) is 6.92 Å². The molecule has 3 aromatic carbocycles. The Morgan fingerprint density at radius 1 is 0.710 bits per heavy atom. The summed E-state index contributed by atoms with van der Waals surface area (Å²) < 4.78 is 5.60. The first-order valence-electron chi connectivity index (χ1n) is 9.43. The lowest BCUT2D eigenvalue weighted by molar-refractivity contribution is 0.0686. The molecule has 0 bridgehead atoms. The van der Waals surface area contributed by atoms with Crippen LogP contribution in [0.15, 0.2) is 66.7 Å². The summed E-state index contributed by atoms with van der Waals surface area (Å²) in [4.78, 5) is 22.2. The number of ether oxygens (including phenoxy) is 1. The summed E-state index contributed by atoms with van der Waals surface area (Å²) in [6, 6.07) is 18.2. The SMILES string of the molecule is CCOc1cc(C#Cc2cccc(C(=O)O)c2)cc(C#Cc2cccc(C(=O)O)c2)c1. The van der Waals surface area contributed by atoms with Gasteiger partial charge in [0.1, 0.15) is 5.75 Å². The number of carboxylic acids is 2. The van der Waals surface area contributed by atoms with E-state index < -0.39 is 11.9 Å². The van der Waals surface area contributed by atoms with E-state index in [2.05, 4.69) is 23.7 Å². The lowest BCUT2D eigenvalue weighted by Crippen LogP contribution is -1.96. The number of rotatable bonds is 4. The summed E-state index contributed by atoms with van der Waals surface area (Å²) >= 11 is 0. The first kappa shape index (κ1) is 21.2. The van der Waals surface area contributed by atoms with Crippen molar-refractivity contribution in [3.63, 3.8) is 0 Å². The molecule has 0 aliphatic rings. The van der Waals surface area contributed by atoms with Crippen LogP contribution in [0.4, 0.5) is 0 Å². The molecule has 2 N–H and O–H groups in total. The maximum atomic E-state index is 11.1. The summed E-state index contributed by atoms with van der Waals surface area (Å²) in [5.41, 5.74) is 2.83. The molecule has 0 spiro atoms. The highest BCUT2D eigenvalue weighted by molar-refractivity contribution is 5.88. The van der Waals surface area contributed by atoms with Gasteiger partial charge in [-0.15, -0.1) is 0 Å². The fourth-order valence-electron chi connectivity index (χ4n) is 2.74. The second kappa shape index (κ2) is 9.82. The molecule has 0 aliphatic carbocycles. The molecule has 0 radical (unpaired) electrons. The van der Waals surface area contributed by atoms with E-state index in [1.54, 1.807) is 42.5 Å². The van der Waals surface area contributed by atoms with Gasteiger partial charge in [-0.25, -0.2) is 9.59 Å². The van der Waals surface area contributed by atoms with E-state index in [0.29, 0.717) is 34.6 Å². The molecule has 0 atom stereocenters. The zero-order chi connectivity index (χ0) is 22.2. The van der Waals surface area contributed by atoms with Crippen LogP contribution in [0.2, 0.25) is 0 Å². The van der Waals surface area contributed by atoms with Crippen molar-refractivity contribution in [2.75, 3.05) is 6.61 Å². The predicted molar refractivity (Wildman–Crippen MR) is 116 cm³/mol. The smallest absolute Gasteiger partial charge is 0.335 e. The number of carbonyl (C=O) groups is 2. The Morgan fingerprint density at radius 3 is 1.58 bits per heavy atom. The van der Waals surface area contributed by atoms with Crippen molar-refractivity contribution in [3.8, 4) is 29.4 Å². The minimum atomic E-state index is -1.01. The second-order valence-electron chi connectivity index (χ2n) is 6.45. The van der Waals surface area contributed by atoms with E-state index in [-0.39, 0.29) is 11.1 Å². The molecule has 3 rings (SSSR count). The molecule has 5 nitrogen and oxygen atoms in total. The van der Waals surface area contributed by atoms with Crippen molar-refractivity contribution >= 4 is 11.9 Å². The average Bonchev–Trinajstić information content (AvgIpc) is 2.77. The van der Waals surface area contributed by atoms with Crippen molar-refractivity contribution < 1.29 is 24.5 Å². The van der Waals surface area contributed by atoms with Crippen LogP contribution >= 0.6 is 0 Å². The van der Waals surface area contributed by atoms with Crippen LogP contribution in [0.3, 0.4) is 0 Å². The first-order chi connectivity index (χ1) is 14.9. The van der Waals surface area contributed by atoms with Gasteiger partial charge in [0.15, 0.2) is 0 Å². The lowest BCUT2D eigenvalue weighted by Gasteiger charge is -2.04. The molecular weight excluding hydrogens is 392 g/mol. The van der Waals surface area contributed by atoms with Crippen molar-refractivity contribution in [1.82, 2.24) is 0 Å². The molecular formula is C26H18O5. The summed E-state index contributed by atoms with van der Waals surface area (Å²) in [6.45, 7) is 2.35. The Labute approximate surface area is 179 Å². The molecule has 0 heterocycles. The minimum absolute atomic E-state index is 0.171. The van der Waals surface area contributed by atoms with Crippen LogP contribution in [-0.2, 0) is 0 Å². The minimum Gasteiger partial charge on any atom is -0.494 e. The number of benzene rings is 3. The predicted octanol–water partition coefficient (Wildman–Crippen LogP) is 4.28. The molecule has 0 saturated carbocycles. The Bertz CT molecular complexity index is 1170. The van der Waals surface area contributed by atoms with Crippen LogP contribution in [0.5, 0.6) is 5.75 Å². The maximum Gasteiger partial charge on any atom is 0.335 e. The van der Waals surface area contributed by atoms with Gasteiger partial charge >= 0.3 is 11.9 Å². The third-order valence-corrected chi connectivity index (χ3v) is 4.14. The van der Waals surface area contributed by atoms with Crippen LogP contribution in [0.1, 0.15) is 49.9 Å². The van der Waals surface area contributed by atoms with E-state index in [4.69, 9.17) is 14.9 Å². The molecule has 0 unspecified atom stereocenters. The van der Waals surface area contributed by atoms with Crippen LogP contribution in [0.25, 0.3) is 0 Å². The molecule has 0 saturated heterocycles. The van der Waals surface area contributed by atoms with Gasteiger partial charge < -0.3 is 14.9 Å². The number of carboxylic acid groups (broad SMARTS) is 2. The zero-order valence-electron chi connectivity index (χ0n) is 16.7. The molecule has 152 valence electrons. The number of hydrogen-bond donors (Lipinski definition) is 2. The number of aromatic carboxylic acids is 2. The highest BCUT2D eigenvalue weighted by Crippen LogP contribution is 2.17. The molecule has 0 aromatic heterocycles. The molecule has 0 aliphatic heterocycles. The fourth-order valence-corrected chi connectivity index (χ4v) is 2.74. The summed E-state index contributed by atoms with van der Waals surface area (Å²) in [5, 5.41) is 18.2. The Balaban J connectivity index is 1.94. The van der Waals surface area contributed by atoms with Gasteiger partial charge in [0.05, 0.1) is 17.7 Å². The normalized spacial score (nSPS) is 9.58. The monoisotopic (exact) mass is 410 g/mol. The fraction of sp³-hybridized carbons (Fsp3) is 0.0769. The molecule has 3 aromatic rings. The Hall–Kier alpha value is -4.48. The quantitative estimate of drug-likeness (QED) is 0.627. The zero-order valence-corrected chi connectivity index (χ0v) is 16.7. The first-order valence-corrected chi connectivity index (χ1v) is 9.43. The van der Waals surface area contributed by atoms with Crippen molar-refractivity contribution in [1.29, 1.82) is 0 Å². The molecule has 31 heavy (non-hydrogen) atoms. The van der Waals surface area contributed by atoms with Crippen molar-refractivity contribution in [3.05, 3.63) is 100 Å². The van der Waals surface area contributed by atoms with Crippen LogP contribution in [0, 0.1) is 23.7 Å². The highest BCUT2D eigenvalue weighted by atomic mass is 16.5. The van der Waals surface area contributed by atoms with Crippen molar-refractivity contribution in [2.24, 2.45) is 0 Å². The Kier molecular flexibility index (Phi) is 6.73. The Morgan fingerprint density at radius 2 is 1.16 bits per heavy atom. The van der Waals surface area contributed by atoms with Gasteiger partial charge in [-0.1, -0.05) is 35.8 Å². The second-order valence-corrected chi connectivity index (χ2v) is 6.45. The third kappa shape index (κ3) is 6.00. The van der Waals surface area contributed by atoms with E-state index in [0.717, 1.165) is 0 Å². The highest BCUT2D eigenvalue weighted by Gasteiger charge is 2.03. The third-order valence-electron chi connectivity index (χ3n) is 4.14. The molecule has 5 heteroatoms. The van der Waals surface area contributed by atoms with Gasteiger partial charge in [0.25, 0.3) is 0 Å². The number of hydrogen-bond acceptors (Lipinski definition) is 3. The van der Waals surface area contributed by atoms with Gasteiger partial charge in [-0.05, 0) is 61.5 Å². The van der Waals surface area contributed by atoms with Gasteiger partial charge in [-0.2, -0.15) is 0 Å². The van der Waals surface area contributed by atoms with Gasteiger partial charge in [0.2, 0.25) is 0 Å². The van der Waals surface area contributed by atoms with Crippen LogP contribution < -0.4 is 4.74 Å². The van der Waals surface area contributed by atoms with Gasteiger partial charge in [0, 0.05) is 22.3 Å². The standard InChI is InChI=1S/C26H18O5/c1-2-31-24-16-20(11-9-18-5-3-7-22(14-18)25(27)28)13-21(17-24)12-10-19-6-4-8-23(15-19)26(29)30/h3-8,13-17H,2H2,1H3,(H,27,28)(H,29,30). The van der Waals surface area contributed by atoms with E-state index in [1.807, 2.05) is 6.92 Å². The van der Waals surface area contributed by atoms with E-state index >= 15 is 0 Å². The van der Waals surface area contributed by atoms with E-state index in [1.165, 1.54) is 24.3 Å². The molecule has 0 amide bonds. The van der Waals surface area contributed by atoms with E-state index in [9.17, 15) is 9.59 Å². The summed E-state index contributed by atoms with van der Waals surface area (Å²) in [5.74, 6) is 10.6. The maximum absolute atomic E-state index is 11.1. The summed E-state index contributed by atoms with van der Waals surface area (Å²) in [7, 11) is 0. The van der Waals surface area contributed by atoms with Crippen LogP contribution in [-0.4, -0.2) is 28.8 Å². The largest absolute Gasteiger partial charge is 0.494 e. The topological polar surface area (TPSA) is 83.8 Å². The average molecular weight is 410 g/mol. The van der Waals surface area contributed by atoms with Gasteiger partial charge in [-0.3, -0.25) is 0 Å². The molecule has 0 fully saturated rings. The summed E-state index contributed by atoms with van der Waals surface area (Å²) in [6.07, 6.45) is 0. The lowest BCUT2D eigenvalue weighted by atomic mass is 10.1.